The average Bonchev–Trinajstić information content (AvgIpc) is 2.26. The van der Waals surface area contributed by atoms with Gasteiger partial charge in [-0.1, -0.05) is 28.9 Å². The molecule has 1 aromatic carbocycles. The molecule has 0 radical (unpaired) electrons. The van der Waals surface area contributed by atoms with Gasteiger partial charge in [-0.15, -0.1) is 0 Å². The Balaban J connectivity index is 2.32. The molecule has 0 spiro atoms. The van der Waals surface area contributed by atoms with E-state index in [1.165, 1.54) is 12.1 Å². The van der Waals surface area contributed by atoms with E-state index in [0.717, 1.165) is 36.2 Å². The molecule has 1 aromatic rings. The van der Waals surface area contributed by atoms with Crippen LogP contribution in [0.5, 0.6) is 0 Å². The number of hydrogen-bond acceptors (Lipinski definition) is 2. The van der Waals surface area contributed by atoms with Crippen molar-refractivity contribution in [3.63, 3.8) is 0 Å². The van der Waals surface area contributed by atoms with Crippen molar-refractivity contribution in [1.82, 2.24) is 10.2 Å². The van der Waals surface area contributed by atoms with Crippen LogP contribution in [0.2, 0.25) is 0 Å². The lowest BCUT2D eigenvalue weighted by atomic mass is 10.2. The van der Waals surface area contributed by atoms with Crippen LogP contribution in [0.25, 0.3) is 0 Å². The molecule has 0 aliphatic carbocycles. The lowest BCUT2D eigenvalue weighted by Gasteiger charge is -2.14. The topological polar surface area (TPSA) is 15.3 Å². The molecule has 0 aliphatic rings. The summed E-state index contributed by atoms with van der Waals surface area (Å²) in [6.45, 7) is 5.92. The van der Waals surface area contributed by atoms with Gasteiger partial charge < -0.3 is 10.2 Å². The second-order valence-corrected chi connectivity index (χ2v) is 4.66. The molecule has 0 heterocycles. The molecule has 16 heavy (non-hydrogen) atoms. The number of nitrogens with one attached hydrogen (secondary N) is 1. The summed E-state index contributed by atoms with van der Waals surface area (Å²) < 4.78 is 13.7. The zero-order valence-electron chi connectivity index (χ0n) is 9.76. The van der Waals surface area contributed by atoms with Crippen molar-refractivity contribution in [1.29, 1.82) is 0 Å². The molecule has 0 aliphatic heterocycles. The zero-order valence-corrected chi connectivity index (χ0v) is 11.3. The van der Waals surface area contributed by atoms with Crippen LogP contribution < -0.4 is 5.32 Å². The molecule has 1 rings (SSSR count). The molecule has 0 aromatic heterocycles. The summed E-state index contributed by atoms with van der Waals surface area (Å²) in [6, 6.07) is 4.78. The van der Waals surface area contributed by atoms with Crippen molar-refractivity contribution in [3.8, 4) is 0 Å². The van der Waals surface area contributed by atoms with Gasteiger partial charge in [-0.2, -0.15) is 0 Å². The van der Waals surface area contributed by atoms with Crippen LogP contribution in [-0.4, -0.2) is 31.6 Å². The quantitative estimate of drug-likeness (QED) is 0.810. The standard InChI is InChI=1S/C12H18BrFN2/c1-3-16(2)7-6-15-9-10-4-5-11(14)8-12(10)13/h4-5,8,15H,3,6-7,9H2,1-2H3. The third-order valence-corrected chi connectivity index (χ3v) is 3.28. The number of rotatable bonds is 6. The molecule has 0 unspecified atom stereocenters. The molecule has 90 valence electrons. The number of nitrogens with zero attached hydrogens (tertiary/aromatic N) is 1. The van der Waals surface area contributed by atoms with Crippen LogP contribution in [0.1, 0.15) is 12.5 Å². The maximum absolute atomic E-state index is 12.8. The molecule has 0 amide bonds. The molecule has 0 saturated carbocycles. The van der Waals surface area contributed by atoms with Crippen molar-refractivity contribution in [2.45, 2.75) is 13.5 Å². The first-order chi connectivity index (χ1) is 7.63. The first kappa shape index (κ1) is 13.6. The number of hydrogen-bond donors (Lipinski definition) is 1. The Morgan fingerprint density at radius 1 is 1.44 bits per heavy atom. The first-order valence-corrected chi connectivity index (χ1v) is 6.26. The highest BCUT2D eigenvalue weighted by atomic mass is 79.9. The van der Waals surface area contributed by atoms with Crippen molar-refractivity contribution >= 4 is 15.9 Å². The Labute approximate surface area is 105 Å². The molecule has 0 saturated heterocycles. The molecule has 1 N–H and O–H groups in total. The molecular weight excluding hydrogens is 271 g/mol. The van der Waals surface area contributed by atoms with Crippen molar-refractivity contribution in [2.24, 2.45) is 0 Å². The van der Waals surface area contributed by atoms with Crippen LogP contribution in [0.3, 0.4) is 0 Å². The van der Waals surface area contributed by atoms with E-state index in [1.54, 1.807) is 6.07 Å². The van der Waals surface area contributed by atoms with E-state index in [4.69, 9.17) is 0 Å². The fourth-order valence-corrected chi connectivity index (χ4v) is 1.81. The Morgan fingerprint density at radius 3 is 2.81 bits per heavy atom. The van der Waals surface area contributed by atoms with Crippen LogP contribution >= 0.6 is 15.9 Å². The highest BCUT2D eigenvalue weighted by Crippen LogP contribution is 2.17. The van der Waals surface area contributed by atoms with Gasteiger partial charge in [0, 0.05) is 24.1 Å². The number of likely N-dealkylation sites (N-methyl/N-ethyl adjacent to an activating group) is 1. The van der Waals surface area contributed by atoms with E-state index in [2.05, 4.69) is 40.1 Å². The van der Waals surface area contributed by atoms with Crippen LogP contribution in [-0.2, 0) is 6.54 Å². The fourth-order valence-electron chi connectivity index (χ4n) is 1.32. The largest absolute Gasteiger partial charge is 0.311 e. The maximum Gasteiger partial charge on any atom is 0.124 e. The van der Waals surface area contributed by atoms with Crippen molar-refractivity contribution in [2.75, 3.05) is 26.7 Å². The summed E-state index contributed by atoms with van der Waals surface area (Å²) >= 11 is 3.35. The van der Waals surface area contributed by atoms with Gasteiger partial charge in [-0.25, -0.2) is 4.39 Å². The molecule has 0 bridgehead atoms. The molecular formula is C12H18BrFN2. The summed E-state index contributed by atoms with van der Waals surface area (Å²) in [4.78, 5) is 2.24. The third-order valence-electron chi connectivity index (χ3n) is 2.54. The monoisotopic (exact) mass is 288 g/mol. The highest BCUT2D eigenvalue weighted by Gasteiger charge is 2.01. The van der Waals surface area contributed by atoms with Crippen molar-refractivity contribution in [3.05, 3.63) is 34.1 Å². The number of halogens is 2. The molecule has 0 atom stereocenters. The van der Waals surface area contributed by atoms with E-state index < -0.39 is 0 Å². The van der Waals surface area contributed by atoms with Gasteiger partial charge in [-0.05, 0) is 31.3 Å². The normalized spacial score (nSPS) is 11.1. The average molecular weight is 289 g/mol. The minimum atomic E-state index is -0.207. The van der Waals surface area contributed by atoms with Gasteiger partial charge in [0.25, 0.3) is 0 Å². The highest BCUT2D eigenvalue weighted by molar-refractivity contribution is 9.10. The predicted molar refractivity (Wildman–Crippen MR) is 69.0 cm³/mol. The summed E-state index contributed by atoms with van der Waals surface area (Å²) in [6.07, 6.45) is 0. The van der Waals surface area contributed by atoms with Crippen LogP contribution in [0.4, 0.5) is 4.39 Å². The zero-order chi connectivity index (χ0) is 12.0. The Kier molecular flexibility index (Phi) is 5.95. The predicted octanol–water partition coefficient (Wildman–Crippen LogP) is 2.63. The smallest absolute Gasteiger partial charge is 0.124 e. The van der Waals surface area contributed by atoms with Gasteiger partial charge >= 0.3 is 0 Å². The van der Waals surface area contributed by atoms with Gasteiger partial charge in [0.2, 0.25) is 0 Å². The minimum Gasteiger partial charge on any atom is -0.311 e. The molecule has 4 heteroatoms. The Bertz CT molecular complexity index is 331. The lowest BCUT2D eigenvalue weighted by molar-refractivity contribution is 0.349. The van der Waals surface area contributed by atoms with E-state index >= 15 is 0 Å². The van der Waals surface area contributed by atoms with Crippen LogP contribution in [0.15, 0.2) is 22.7 Å². The summed E-state index contributed by atoms with van der Waals surface area (Å²) in [5, 5.41) is 3.33. The van der Waals surface area contributed by atoms with Gasteiger partial charge in [0.05, 0.1) is 0 Å². The van der Waals surface area contributed by atoms with E-state index in [0.29, 0.717) is 0 Å². The Morgan fingerprint density at radius 2 is 2.19 bits per heavy atom. The van der Waals surface area contributed by atoms with E-state index in [-0.39, 0.29) is 5.82 Å². The van der Waals surface area contributed by atoms with Crippen molar-refractivity contribution < 1.29 is 4.39 Å². The maximum atomic E-state index is 12.8. The lowest BCUT2D eigenvalue weighted by Crippen LogP contribution is -2.28. The SMILES string of the molecule is CCN(C)CCNCc1ccc(F)cc1Br. The third kappa shape index (κ3) is 4.60. The summed E-state index contributed by atoms with van der Waals surface area (Å²) in [5.41, 5.74) is 1.08. The fraction of sp³-hybridized carbons (Fsp3) is 0.500. The molecule has 2 nitrogen and oxygen atoms in total. The molecule has 0 fully saturated rings. The van der Waals surface area contributed by atoms with Gasteiger partial charge in [0.15, 0.2) is 0 Å². The summed E-state index contributed by atoms with van der Waals surface area (Å²) in [7, 11) is 2.09. The minimum absolute atomic E-state index is 0.207. The van der Waals surface area contributed by atoms with E-state index in [1.807, 2.05) is 0 Å². The number of benzene rings is 1. The summed E-state index contributed by atoms with van der Waals surface area (Å²) in [5.74, 6) is -0.207. The second kappa shape index (κ2) is 6.99. The van der Waals surface area contributed by atoms with Gasteiger partial charge in [0.1, 0.15) is 5.82 Å². The van der Waals surface area contributed by atoms with Gasteiger partial charge in [-0.3, -0.25) is 0 Å². The first-order valence-electron chi connectivity index (χ1n) is 5.46. The Hall–Kier alpha value is -0.450. The van der Waals surface area contributed by atoms with Crippen LogP contribution in [0, 0.1) is 5.82 Å². The second-order valence-electron chi connectivity index (χ2n) is 3.81. The van der Waals surface area contributed by atoms with E-state index in [9.17, 15) is 4.39 Å².